The average Bonchev–Trinajstić information content (AvgIpc) is 2.40. The Morgan fingerprint density at radius 1 is 1.41 bits per heavy atom. The van der Waals surface area contributed by atoms with E-state index in [1.807, 2.05) is 0 Å². The summed E-state index contributed by atoms with van der Waals surface area (Å²) in [6, 6.07) is 8.74. The summed E-state index contributed by atoms with van der Waals surface area (Å²) < 4.78 is 5.75. The molecular weight excluding hydrogens is 210 g/mol. The summed E-state index contributed by atoms with van der Waals surface area (Å²) in [5, 5.41) is 0. The van der Waals surface area contributed by atoms with E-state index >= 15 is 0 Å². The van der Waals surface area contributed by atoms with Crippen molar-refractivity contribution in [1.29, 1.82) is 0 Å². The van der Waals surface area contributed by atoms with Gasteiger partial charge in [-0.1, -0.05) is 31.2 Å². The number of hydrogen-bond acceptors (Lipinski definition) is 2. The maximum Gasteiger partial charge on any atom is 0.0593 e. The predicted molar refractivity (Wildman–Crippen MR) is 71.0 cm³/mol. The van der Waals surface area contributed by atoms with Gasteiger partial charge in [-0.2, -0.15) is 0 Å². The van der Waals surface area contributed by atoms with Crippen LogP contribution in [0.15, 0.2) is 24.3 Å². The topological polar surface area (TPSA) is 35.2 Å². The molecule has 2 heteroatoms. The van der Waals surface area contributed by atoms with Gasteiger partial charge in [-0.05, 0) is 43.2 Å². The van der Waals surface area contributed by atoms with Gasteiger partial charge in [0.2, 0.25) is 0 Å². The first-order chi connectivity index (χ1) is 8.29. The normalized spacial score (nSPS) is 22.4. The third kappa shape index (κ3) is 3.55. The van der Waals surface area contributed by atoms with Crippen LogP contribution in [-0.2, 0) is 11.2 Å². The van der Waals surface area contributed by atoms with Gasteiger partial charge in [-0.25, -0.2) is 0 Å². The van der Waals surface area contributed by atoms with Crippen LogP contribution in [0.3, 0.4) is 0 Å². The van der Waals surface area contributed by atoms with Crippen molar-refractivity contribution in [2.24, 2.45) is 5.73 Å². The van der Waals surface area contributed by atoms with Crippen molar-refractivity contribution in [2.45, 2.75) is 51.2 Å². The summed E-state index contributed by atoms with van der Waals surface area (Å²) in [5.41, 5.74) is 8.88. The quantitative estimate of drug-likeness (QED) is 0.866. The van der Waals surface area contributed by atoms with Crippen LogP contribution in [0, 0.1) is 0 Å². The first kappa shape index (κ1) is 12.6. The van der Waals surface area contributed by atoms with E-state index < -0.39 is 0 Å². The summed E-state index contributed by atoms with van der Waals surface area (Å²) in [4.78, 5) is 0. The molecule has 2 atom stereocenters. The zero-order chi connectivity index (χ0) is 12.1. The highest BCUT2D eigenvalue weighted by molar-refractivity contribution is 5.25. The van der Waals surface area contributed by atoms with Crippen molar-refractivity contribution in [3.63, 3.8) is 0 Å². The van der Waals surface area contributed by atoms with Gasteiger partial charge in [0.1, 0.15) is 0 Å². The fraction of sp³-hybridized carbons (Fsp3) is 0.600. The number of ether oxygens (including phenoxy) is 1. The van der Waals surface area contributed by atoms with Crippen molar-refractivity contribution in [3.05, 3.63) is 35.4 Å². The molecule has 17 heavy (non-hydrogen) atoms. The second kappa shape index (κ2) is 6.18. The molecule has 0 radical (unpaired) electrons. The molecule has 2 nitrogen and oxygen atoms in total. The molecule has 0 amide bonds. The van der Waals surface area contributed by atoms with Crippen LogP contribution in [-0.4, -0.2) is 12.7 Å². The van der Waals surface area contributed by atoms with Crippen LogP contribution in [0.5, 0.6) is 0 Å². The van der Waals surface area contributed by atoms with Gasteiger partial charge in [0.05, 0.1) is 6.10 Å². The predicted octanol–water partition coefficient (Wildman–Crippen LogP) is 3.21. The maximum absolute atomic E-state index is 6.27. The van der Waals surface area contributed by atoms with Crippen molar-refractivity contribution in [3.8, 4) is 0 Å². The summed E-state index contributed by atoms with van der Waals surface area (Å²) in [5.74, 6) is 0. The van der Waals surface area contributed by atoms with Gasteiger partial charge in [0.15, 0.2) is 0 Å². The highest BCUT2D eigenvalue weighted by Crippen LogP contribution is 2.23. The van der Waals surface area contributed by atoms with Gasteiger partial charge < -0.3 is 10.5 Å². The van der Waals surface area contributed by atoms with Crippen LogP contribution < -0.4 is 5.73 Å². The van der Waals surface area contributed by atoms with Crippen LogP contribution >= 0.6 is 0 Å². The Hall–Kier alpha value is -0.860. The monoisotopic (exact) mass is 233 g/mol. The number of benzene rings is 1. The average molecular weight is 233 g/mol. The molecule has 1 heterocycles. The van der Waals surface area contributed by atoms with E-state index in [-0.39, 0.29) is 6.04 Å². The summed E-state index contributed by atoms with van der Waals surface area (Å²) >= 11 is 0. The summed E-state index contributed by atoms with van der Waals surface area (Å²) in [7, 11) is 0. The zero-order valence-corrected chi connectivity index (χ0v) is 10.7. The lowest BCUT2D eigenvalue weighted by molar-refractivity contribution is 0.00729. The second-order valence-electron chi connectivity index (χ2n) is 4.93. The van der Waals surface area contributed by atoms with Gasteiger partial charge in [-0.15, -0.1) is 0 Å². The lowest BCUT2D eigenvalue weighted by Gasteiger charge is -2.25. The zero-order valence-electron chi connectivity index (χ0n) is 10.7. The Morgan fingerprint density at radius 2 is 2.29 bits per heavy atom. The van der Waals surface area contributed by atoms with Crippen LogP contribution in [0.4, 0.5) is 0 Å². The first-order valence-electron chi connectivity index (χ1n) is 6.75. The van der Waals surface area contributed by atoms with Gasteiger partial charge >= 0.3 is 0 Å². The second-order valence-corrected chi connectivity index (χ2v) is 4.93. The molecular formula is C15H23NO. The molecule has 2 N–H and O–H groups in total. The Kier molecular flexibility index (Phi) is 4.57. The molecule has 2 unspecified atom stereocenters. The van der Waals surface area contributed by atoms with Gasteiger partial charge in [0, 0.05) is 12.6 Å². The standard InChI is InChI=1S/C15H23NO/c1-2-12-6-5-7-13(10-12)15(16)11-14-8-3-4-9-17-14/h5-7,10,14-15H,2-4,8-9,11,16H2,1H3. The third-order valence-electron chi connectivity index (χ3n) is 3.58. The molecule has 1 aliphatic heterocycles. The fourth-order valence-corrected chi connectivity index (χ4v) is 2.46. The highest BCUT2D eigenvalue weighted by Gasteiger charge is 2.18. The molecule has 0 bridgehead atoms. The Morgan fingerprint density at radius 3 is 3.00 bits per heavy atom. The summed E-state index contributed by atoms with van der Waals surface area (Å²) in [6.45, 7) is 3.08. The van der Waals surface area contributed by atoms with Crippen molar-refractivity contribution < 1.29 is 4.74 Å². The Bertz CT molecular complexity index is 345. The van der Waals surface area contributed by atoms with E-state index in [9.17, 15) is 0 Å². The molecule has 2 rings (SSSR count). The minimum absolute atomic E-state index is 0.115. The number of nitrogens with two attached hydrogens (primary N) is 1. The smallest absolute Gasteiger partial charge is 0.0593 e. The molecule has 0 aliphatic carbocycles. The number of rotatable bonds is 4. The van der Waals surface area contributed by atoms with E-state index in [1.165, 1.54) is 30.4 Å². The van der Waals surface area contributed by atoms with Crippen molar-refractivity contribution >= 4 is 0 Å². The van der Waals surface area contributed by atoms with Crippen molar-refractivity contribution in [2.75, 3.05) is 6.61 Å². The number of aryl methyl sites for hydroxylation is 1. The lowest BCUT2D eigenvalue weighted by Crippen LogP contribution is -2.24. The molecule has 1 fully saturated rings. The van der Waals surface area contributed by atoms with E-state index in [0.717, 1.165) is 19.4 Å². The van der Waals surface area contributed by atoms with E-state index in [2.05, 4.69) is 31.2 Å². The van der Waals surface area contributed by atoms with E-state index in [0.29, 0.717) is 6.10 Å². The fourth-order valence-electron chi connectivity index (χ4n) is 2.46. The first-order valence-corrected chi connectivity index (χ1v) is 6.75. The Labute approximate surface area is 104 Å². The van der Waals surface area contributed by atoms with Gasteiger partial charge in [-0.3, -0.25) is 0 Å². The molecule has 1 saturated heterocycles. The maximum atomic E-state index is 6.27. The van der Waals surface area contributed by atoms with E-state index in [1.54, 1.807) is 0 Å². The minimum Gasteiger partial charge on any atom is -0.378 e. The Balaban J connectivity index is 1.95. The molecule has 0 spiro atoms. The minimum atomic E-state index is 0.115. The van der Waals surface area contributed by atoms with Crippen LogP contribution in [0.25, 0.3) is 0 Å². The molecule has 1 aliphatic rings. The van der Waals surface area contributed by atoms with Crippen LogP contribution in [0.2, 0.25) is 0 Å². The number of hydrogen-bond donors (Lipinski definition) is 1. The summed E-state index contributed by atoms with van der Waals surface area (Å²) in [6.07, 6.45) is 6.04. The van der Waals surface area contributed by atoms with Gasteiger partial charge in [0.25, 0.3) is 0 Å². The molecule has 0 aromatic heterocycles. The lowest BCUT2D eigenvalue weighted by atomic mass is 9.96. The molecule has 1 aromatic rings. The van der Waals surface area contributed by atoms with E-state index in [4.69, 9.17) is 10.5 Å². The molecule has 0 saturated carbocycles. The molecule has 1 aromatic carbocycles. The van der Waals surface area contributed by atoms with Crippen LogP contribution in [0.1, 0.15) is 49.8 Å². The SMILES string of the molecule is CCc1cccc(C(N)CC2CCCCO2)c1. The largest absolute Gasteiger partial charge is 0.378 e. The molecule has 94 valence electrons. The third-order valence-corrected chi connectivity index (χ3v) is 3.58. The highest BCUT2D eigenvalue weighted by atomic mass is 16.5. The van der Waals surface area contributed by atoms with Crippen molar-refractivity contribution in [1.82, 2.24) is 0 Å².